The van der Waals surface area contributed by atoms with Gasteiger partial charge in [0.05, 0.1) is 11.8 Å². The van der Waals surface area contributed by atoms with Gasteiger partial charge < -0.3 is 4.42 Å². The molecule has 0 aliphatic heterocycles. The number of nitrogens with one attached hydrogen (secondary N) is 1. The van der Waals surface area contributed by atoms with Gasteiger partial charge in [-0.1, -0.05) is 0 Å². The molecule has 0 saturated carbocycles. The molecule has 30 heavy (non-hydrogen) atoms. The molecule has 0 atom stereocenters. The molecule has 158 valence electrons. The van der Waals surface area contributed by atoms with Crippen LogP contribution in [0.2, 0.25) is 0 Å². The summed E-state index contributed by atoms with van der Waals surface area (Å²) in [6.07, 6.45) is -4.92. The van der Waals surface area contributed by atoms with Crippen molar-refractivity contribution < 1.29 is 43.9 Å². The Bertz CT molecular complexity index is 1110. The second-order valence-corrected chi connectivity index (χ2v) is 5.70. The van der Waals surface area contributed by atoms with Gasteiger partial charge in [-0.2, -0.15) is 18.3 Å². The van der Waals surface area contributed by atoms with Crippen LogP contribution in [0.25, 0.3) is 11.3 Å². The molecule has 0 bridgehead atoms. The molecule has 1 aromatic heterocycles. The lowest BCUT2D eigenvalue weighted by Gasteiger charge is -2.13. The molecule has 12 heteroatoms. The smallest absolute Gasteiger partial charge is 0.422 e. The van der Waals surface area contributed by atoms with E-state index in [0.29, 0.717) is 6.07 Å². The Kier molecular flexibility index (Phi) is 5.51. The van der Waals surface area contributed by atoms with E-state index < -0.39 is 52.3 Å². The van der Waals surface area contributed by atoms with Crippen molar-refractivity contribution in [3.8, 4) is 11.3 Å². The van der Waals surface area contributed by atoms with E-state index >= 15 is 0 Å². The van der Waals surface area contributed by atoms with E-state index in [1.54, 1.807) is 5.43 Å². The van der Waals surface area contributed by atoms with E-state index in [1.807, 2.05) is 0 Å². The van der Waals surface area contributed by atoms with Gasteiger partial charge in [-0.15, -0.1) is 0 Å². The van der Waals surface area contributed by atoms with Crippen LogP contribution in [0.5, 0.6) is 0 Å². The Balaban J connectivity index is 1.85. The maximum Gasteiger partial charge on any atom is 0.422 e. The molecule has 1 heterocycles. The fourth-order valence-electron chi connectivity index (χ4n) is 2.40. The molecule has 3 nitrogen and oxygen atoms in total. The highest BCUT2D eigenvalue weighted by Crippen LogP contribution is 2.38. The number of furan rings is 1. The van der Waals surface area contributed by atoms with Crippen LogP contribution in [0, 0.1) is 34.9 Å². The number of halogens is 9. The van der Waals surface area contributed by atoms with Crippen molar-refractivity contribution >= 4 is 11.9 Å². The van der Waals surface area contributed by atoms with E-state index in [4.69, 9.17) is 4.42 Å². The van der Waals surface area contributed by atoms with E-state index in [1.165, 1.54) is 12.1 Å². The zero-order chi connectivity index (χ0) is 22.2. The molecule has 3 rings (SSSR count). The molecule has 2 aromatic carbocycles. The largest absolute Gasteiger partial charge is 0.455 e. The molecule has 0 radical (unpaired) electrons. The SMILES string of the molecule is Fc1ccc(-c2ccc(/C=N\Nc3c(F)c(F)c(C(F)(F)F)c(F)c3F)o2)c(F)c1. The van der Waals surface area contributed by atoms with Crippen LogP contribution in [-0.2, 0) is 6.18 Å². The van der Waals surface area contributed by atoms with Gasteiger partial charge in [0, 0.05) is 6.07 Å². The first-order valence-corrected chi connectivity index (χ1v) is 7.78. The maximum atomic E-state index is 13.7. The number of hydrogen-bond acceptors (Lipinski definition) is 3. The van der Waals surface area contributed by atoms with E-state index in [-0.39, 0.29) is 17.1 Å². The lowest BCUT2D eigenvalue weighted by atomic mass is 10.1. The third-order valence-electron chi connectivity index (χ3n) is 3.74. The highest BCUT2D eigenvalue weighted by molar-refractivity contribution is 5.78. The number of nitrogens with zero attached hydrogens (tertiary/aromatic N) is 1. The van der Waals surface area contributed by atoms with Gasteiger partial charge in [0.25, 0.3) is 0 Å². The maximum absolute atomic E-state index is 13.7. The molecule has 0 spiro atoms. The number of anilines is 1. The third-order valence-corrected chi connectivity index (χ3v) is 3.74. The van der Waals surface area contributed by atoms with Gasteiger partial charge >= 0.3 is 6.18 Å². The van der Waals surface area contributed by atoms with Gasteiger partial charge in [-0.05, 0) is 24.3 Å². The first kappa shape index (κ1) is 21.3. The second kappa shape index (κ2) is 7.76. The van der Waals surface area contributed by atoms with Crippen molar-refractivity contribution in [2.24, 2.45) is 5.10 Å². The average molecular weight is 438 g/mol. The highest BCUT2D eigenvalue weighted by atomic mass is 19.4. The zero-order valence-electron chi connectivity index (χ0n) is 14.2. The summed E-state index contributed by atoms with van der Waals surface area (Å²) >= 11 is 0. The monoisotopic (exact) mass is 438 g/mol. The molecular formula is C18H7F9N2O. The van der Waals surface area contributed by atoms with Gasteiger partial charge in [0.1, 0.15) is 34.4 Å². The number of alkyl halides is 3. The van der Waals surface area contributed by atoms with Crippen molar-refractivity contribution in [2.45, 2.75) is 6.18 Å². The normalized spacial score (nSPS) is 12.0. The summed E-state index contributed by atoms with van der Waals surface area (Å²) in [4.78, 5) is 0. The number of hydrazone groups is 1. The van der Waals surface area contributed by atoms with Crippen LogP contribution >= 0.6 is 0 Å². The molecule has 3 aromatic rings. The Morgan fingerprint density at radius 1 is 0.833 bits per heavy atom. The molecule has 1 N–H and O–H groups in total. The number of hydrogen-bond donors (Lipinski definition) is 1. The Morgan fingerprint density at radius 2 is 1.47 bits per heavy atom. The summed E-state index contributed by atoms with van der Waals surface area (Å²) in [6.45, 7) is 0. The predicted molar refractivity (Wildman–Crippen MR) is 86.6 cm³/mol. The van der Waals surface area contributed by atoms with Crippen LogP contribution < -0.4 is 5.43 Å². The molecule has 0 aliphatic carbocycles. The third kappa shape index (κ3) is 3.98. The topological polar surface area (TPSA) is 37.5 Å². The van der Waals surface area contributed by atoms with E-state index in [2.05, 4.69) is 5.10 Å². The minimum absolute atomic E-state index is 0.0714. The molecule has 0 unspecified atom stereocenters. The summed E-state index contributed by atoms with van der Waals surface area (Å²) in [5.41, 5.74) is -2.90. The van der Waals surface area contributed by atoms with Crippen molar-refractivity contribution in [1.82, 2.24) is 0 Å². The minimum Gasteiger partial charge on any atom is -0.455 e. The molecule has 0 amide bonds. The van der Waals surface area contributed by atoms with Crippen LogP contribution in [0.3, 0.4) is 0 Å². The van der Waals surface area contributed by atoms with Crippen LogP contribution in [0.4, 0.5) is 45.2 Å². The minimum atomic E-state index is -5.67. The fourth-order valence-corrected chi connectivity index (χ4v) is 2.40. The quantitative estimate of drug-likeness (QED) is 0.227. The standard InChI is InChI=1S/C18H7F9N2O/c19-7-1-3-9(10(20)5-7)11-4-2-8(30-11)6-28-29-17-15(23)13(21)12(18(25,26)27)14(22)16(17)24/h1-6,29H/b28-6-. The summed E-state index contributed by atoms with van der Waals surface area (Å²) in [5, 5.41) is 3.23. The van der Waals surface area contributed by atoms with Crippen LogP contribution in [-0.4, -0.2) is 6.21 Å². The van der Waals surface area contributed by atoms with Crippen LogP contribution in [0.1, 0.15) is 11.3 Å². The Labute approximate surface area is 161 Å². The number of rotatable bonds is 4. The zero-order valence-corrected chi connectivity index (χ0v) is 14.2. The molecular weight excluding hydrogens is 431 g/mol. The van der Waals surface area contributed by atoms with Gasteiger partial charge in [-0.25, -0.2) is 26.3 Å². The van der Waals surface area contributed by atoms with Crippen molar-refractivity contribution in [3.63, 3.8) is 0 Å². The summed E-state index contributed by atoms with van der Waals surface area (Å²) in [6, 6.07) is 5.11. The lowest BCUT2D eigenvalue weighted by molar-refractivity contribution is -0.143. The summed E-state index contributed by atoms with van der Waals surface area (Å²) < 4.78 is 124. The van der Waals surface area contributed by atoms with Gasteiger partial charge in [0.2, 0.25) is 0 Å². The Morgan fingerprint density at radius 3 is 2.03 bits per heavy atom. The molecule has 0 fully saturated rings. The highest BCUT2D eigenvalue weighted by Gasteiger charge is 2.42. The predicted octanol–water partition coefficient (Wildman–Crippen LogP) is 6.25. The molecule has 0 aliphatic rings. The van der Waals surface area contributed by atoms with Crippen LogP contribution in [0.15, 0.2) is 39.9 Å². The lowest BCUT2D eigenvalue weighted by Crippen LogP contribution is -2.16. The summed E-state index contributed by atoms with van der Waals surface area (Å²) in [7, 11) is 0. The summed E-state index contributed by atoms with van der Waals surface area (Å²) in [5.74, 6) is -12.0. The van der Waals surface area contributed by atoms with Crippen molar-refractivity contribution in [1.29, 1.82) is 0 Å². The first-order valence-electron chi connectivity index (χ1n) is 7.78. The van der Waals surface area contributed by atoms with Gasteiger partial charge in [0.15, 0.2) is 23.3 Å². The molecule has 0 saturated heterocycles. The first-order chi connectivity index (χ1) is 14.0. The van der Waals surface area contributed by atoms with E-state index in [0.717, 1.165) is 18.3 Å². The van der Waals surface area contributed by atoms with Crippen molar-refractivity contribution in [2.75, 3.05) is 5.43 Å². The van der Waals surface area contributed by atoms with Crippen molar-refractivity contribution in [3.05, 3.63) is 76.6 Å². The van der Waals surface area contributed by atoms with E-state index in [9.17, 15) is 39.5 Å². The average Bonchev–Trinajstić information content (AvgIpc) is 3.10. The second-order valence-electron chi connectivity index (χ2n) is 5.70. The Hall–Kier alpha value is -3.44. The fraction of sp³-hybridized carbons (Fsp3) is 0.0556. The number of benzene rings is 2. The van der Waals surface area contributed by atoms with Gasteiger partial charge in [-0.3, -0.25) is 5.43 Å².